The van der Waals surface area contributed by atoms with Crippen LogP contribution in [0.5, 0.6) is 0 Å². The minimum absolute atomic E-state index is 0.341. The molecule has 0 aromatic carbocycles. The largest absolute Gasteiger partial charge is 0.372 e. The third-order valence-corrected chi connectivity index (χ3v) is 10.3. The third-order valence-electron chi connectivity index (χ3n) is 10.3. The van der Waals surface area contributed by atoms with E-state index >= 15 is 0 Å². The number of rotatable bonds is 14. The van der Waals surface area contributed by atoms with Crippen molar-refractivity contribution in [2.75, 3.05) is 33.7 Å². The first kappa shape index (κ1) is 35.0. The molecule has 0 aromatic rings. The Bertz CT molecular complexity index is 1170. The molecular weight excluding hydrogens is 524 g/mol. The van der Waals surface area contributed by atoms with E-state index < -0.39 is 0 Å². The molecule has 1 atom stereocenters. The molecule has 0 bridgehead atoms. The number of hydrogen-bond acceptors (Lipinski definition) is 4. The van der Waals surface area contributed by atoms with Crippen LogP contribution in [-0.2, 0) is 0 Å². The van der Waals surface area contributed by atoms with Gasteiger partial charge in [0.05, 0.1) is 11.4 Å². The van der Waals surface area contributed by atoms with Crippen LogP contribution in [0.2, 0.25) is 0 Å². The molecule has 3 fully saturated rings. The summed E-state index contributed by atoms with van der Waals surface area (Å²) in [5.74, 6) is 1.33. The summed E-state index contributed by atoms with van der Waals surface area (Å²) in [5.41, 5.74) is 10.7. The summed E-state index contributed by atoms with van der Waals surface area (Å²) in [6, 6.07) is 0.708. The lowest BCUT2D eigenvalue weighted by Gasteiger charge is -2.39. The molecule has 0 N–H and O–H groups in total. The molecule has 0 spiro atoms. The van der Waals surface area contributed by atoms with E-state index in [9.17, 15) is 0 Å². The summed E-state index contributed by atoms with van der Waals surface area (Å²) in [4.78, 5) is 15.4. The molecule has 1 saturated heterocycles. The zero-order chi connectivity index (χ0) is 31.5. The van der Waals surface area contributed by atoms with Crippen molar-refractivity contribution >= 4 is 11.4 Å². The normalized spacial score (nSPS) is 21.3. The van der Waals surface area contributed by atoms with E-state index in [1.807, 2.05) is 7.05 Å². The Hall–Kier alpha value is -2.46. The van der Waals surface area contributed by atoms with Gasteiger partial charge in [0.2, 0.25) is 0 Å². The second-order valence-corrected chi connectivity index (χ2v) is 13.5. The van der Waals surface area contributed by atoms with E-state index in [2.05, 4.69) is 96.2 Å². The van der Waals surface area contributed by atoms with Crippen molar-refractivity contribution in [3.8, 4) is 0 Å². The average molecular weight is 587 g/mol. The number of likely N-dealkylation sites (tertiary alicyclic amines) is 1. The number of piperidine rings is 1. The van der Waals surface area contributed by atoms with Gasteiger partial charge >= 0.3 is 0 Å². The van der Waals surface area contributed by atoms with Crippen LogP contribution in [0.3, 0.4) is 0 Å². The molecule has 2 saturated carbocycles. The molecule has 1 heterocycles. The van der Waals surface area contributed by atoms with Crippen LogP contribution in [-0.4, -0.2) is 61.0 Å². The summed E-state index contributed by atoms with van der Waals surface area (Å²) >= 11 is 0. The van der Waals surface area contributed by atoms with Crippen LogP contribution in [0.15, 0.2) is 80.1 Å². The number of allylic oxidation sites excluding steroid dienone is 9. The molecule has 0 amide bonds. The van der Waals surface area contributed by atoms with Crippen molar-refractivity contribution in [3.05, 3.63) is 70.1 Å². The highest BCUT2D eigenvalue weighted by molar-refractivity contribution is 6.12. The highest BCUT2D eigenvalue weighted by Crippen LogP contribution is 2.31. The summed E-state index contributed by atoms with van der Waals surface area (Å²) < 4.78 is 0. The van der Waals surface area contributed by atoms with E-state index in [-0.39, 0.29) is 0 Å². The first-order chi connectivity index (χ1) is 20.6. The molecule has 1 aliphatic heterocycles. The second-order valence-electron chi connectivity index (χ2n) is 13.5. The molecule has 3 rings (SSSR count). The third kappa shape index (κ3) is 10.0. The first-order valence-corrected chi connectivity index (χ1v) is 17.2. The molecule has 0 radical (unpaired) electrons. The fraction of sp³-hybridized carbons (Fsp3) is 0.641. The van der Waals surface area contributed by atoms with Gasteiger partial charge in [-0.05, 0) is 140 Å². The average Bonchev–Trinajstić information content (AvgIpc) is 2.94. The van der Waals surface area contributed by atoms with Crippen LogP contribution in [0.25, 0.3) is 0 Å². The topological polar surface area (TPSA) is 31.2 Å². The van der Waals surface area contributed by atoms with Gasteiger partial charge in [0, 0.05) is 37.6 Å². The molecule has 238 valence electrons. The van der Waals surface area contributed by atoms with Crippen LogP contribution in [0, 0.1) is 11.8 Å². The lowest BCUT2D eigenvalue weighted by molar-refractivity contribution is 0.135. The predicted octanol–water partition coefficient (Wildman–Crippen LogP) is 9.89. The van der Waals surface area contributed by atoms with Gasteiger partial charge in [-0.2, -0.15) is 0 Å². The van der Waals surface area contributed by atoms with Crippen LogP contribution in [0.1, 0.15) is 113 Å². The SMILES string of the molecule is C=C(C)/C(C)=C/C(=NC)C(=C/C(C)=C1CCC1)/N=C(\C(C)=C/C(=C\C)N1CCC(N(C)CCC2CCC2)CC1)C(C)CC. The highest BCUT2D eigenvalue weighted by Gasteiger charge is 2.25. The summed E-state index contributed by atoms with van der Waals surface area (Å²) in [5, 5.41) is 0. The van der Waals surface area contributed by atoms with Crippen molar-refractivity contribution in [1.29, 1.82) is 0 Å². The standard InChI is InChI=1S/C39H62N4/c1-11-29(5)39(41-38(27-31(7)34-17-14-18-34)37(40-9)26-30(6)28(3)4)32(8)25-35(12-2)43-23-20-36(21-24-43)42(10)22-19-33-15-13-16-33/h12,25-27,29,33,36H,3,11,13-24H2,1-2,4-10H3/b30-26+,32-25-,35-12+,38-27-,40-37?,41-39-. The van der Waals surface area contributed by atoms with Gasteiger partial charge < -0.3 is 9.80 Å². The smallest absolute Gasteiger partial charge is 0.0887 e. The van der Waals surface area contributed by atoms with Gasteiger partial charge in [-0.15, -0.1) is 0 Å². The maximum atomic E-state index is 5.44. The van der Waals surface area contributed by atoms with Crippen LogP contribution < -0.4 is 0 Å². The minimum Gasteiger partial charge on any atom is -0.372 e. The molecule has 3 aliphatic rings. The Morgan fingerprint density at radius 3 is 2.16 bits per heavy atom. The van der Waals surface area contributed by atoms with Crippen molar-refractivity contribution in [2.24, 2.45) is 21.8 Å². The molecule has 1 unspecified atom stereocenters. The second kappa shape index (κ2) is 17.1. The number of hydrogen-bond donors (Lipinski definition) is 0. The molecule has 0 aromatic heterocycles. The maximum Gasteiger partial charge on any atom is 0.0887 e. The zero-order valence-corrected chi connectivity index (χ0v) is 29.2. The van der Waals surface area contributed by atoms with E-state index in [0.29, 0.717) is 12.0 Å². The van der Waals surface area contributed by atoms with Gasteiger partial charge in [-0.1, -0.05) is 56.9 Å². The van der Waals surface area contributed by atoms with Crippen molar-refractivity contribution in [3.63, 3.8) is 0 Å². The molecule has 4 heteroatoms. The van der Waals surface area contributed by atoms with Crippen molar-refractivity contribution in [2.45, 2.75) is 119 Å². The van der Waals surface area contributed by atoms with E-state index in [0.717, 1.165) is 53.7 Å². The van der Waals surface area contributed by atoms with Crippen molar-refractivity contribution < 1.29 is 0 Å². The Labute approximate surface area is 265 Å². The Morgan fingerprint density at radius 2 is 1.67 bits per heavy atom. The van der Waals surface area contributed by atoms with Gasteiger partial charge in [-0.3, -0.25) is 9.98 Å². The predicted molar refractivity (Wildman–Crippen MR) is 190 cm³/mol. The van der Waals surface area contributed by atoms with E-state index in [1.165, 1.54) is 81.2 Å². The quantitative estimate of drug-likeness (QED) is 0.150. The summed E-state index contributed by atoms with van der Waals surface area (Å²) in [7, 11) is 4.23. The Morgan fingerprint density at radius 1 is 1.00 bits per heavy atom. The lowest BCUT2D eigenvalue weighted by Crippen LogP contribution is -2.43. The van der Waals surface area contributed by atoms with Crippen LogP contribution in [0.4, 0.5) is 0 Å². The monoisotopic (exact) mass is 586 g/mol. The summed E-state index contributed by atoms with van der Waals surface area (Å²) in [6.45, 7) is 23.1. The minimum atomic E-state index is 0.341. The first-order valence-electron chi connectivity index (χ1n) is 17.2. The van der Waals surface area contributed by atoms with Crippen molar-refractivity contribution in [1.82, 2.24) is 9.80 Å². The molecule has 2 aliphatic carbocycles. The van der Waals surface area contributed by atoms with Gasteiger partial charge in [-0.25, -0.2) is 0 Å². The van der Waals surface area contributed by atoms with Gasteiger partial charge in [0.15, 0.2) is 0 Å². The lowest BCUT2D eigenvalue weighted by atomic mass is 9.83. The molecule has 43 heavy (non-hydrogen) atoms. The molecule has 4 nitrogen and oxygen atoms in total. The van der Waals surface area contributed by atoms with E-state index in [4.69, 9.17) is 9.98 Å². The maximum absolute atomic E-state index is 5.44. The Balaban J connectivity index is 1.86. The highest BCUT2D eigenvalue weighted by atomic mass is 15.2. The zero-order valence-electron chi connectivity index (χ0n) is 29.2. The summed E-state index contributed by atoms with van der Waals surface area (Å²) in [6.07, 6.45) is 22.1. The number of nitrogens with zero attached hydrogens (tertiary/aromatic N) is 4. The van der Waals surface area contributed by atoms with E-state index in [1.54, 1.807) is 5.57 Å². The van der Waals surface area contributed by atoms with Gasteiger partial charge in [0.1, 0.15) is 0 Å². The van der Waals surface area contributed by atoms with Crippen LogP contribution >= 0.6 is 0 Å². The van der Waals surface area contributed by atoms with Gasteiger partial charge in [0.25, 0.3) is 0 Å². The fourth-order valence-corrected chi connectivity index (χ4v) is 6.28. The Kier molecular flexibility index (Phi) is 14.0. The number of aliphatic imine (C=N–C) groups is 2. The fourth-order valence-electron chi connectivity index (χ4n) is 6.28. The molecular formula is C39H62N4.